The first-order valence-electron chi connectivity index (χ1n) is 17.1. The fraction of sp³-hybridized carbons (Fsp3) is 0.0213. The zero-order chi connectivity index (χ0) is 34.2. The van der Waals surface area contributed by atoms with E-state index in [0.717, 1.165) is 55.6 Å². The van der Waals surface area contributed by atoms with Gasteiger partial charge in [-0.15, -0.1) is 0 Å². The van der Waals surface area contributed by atoms with Crippen LogP contribution in [0.3, 0.4) is 0 Å². The number of rotatable bonds is 7. The molecule has 0 fully saturated rings. The number of aromatic nitrogens is 3. The summed E-state index contributed by atoms with van der Waals surface area (Å²) in [7, 11) is 0. The number of hydrogen-bond acceptors (Lipinski definition) is 2. The van der Waals surface area contributed by atoms with E-state index in [1.165, 1.54) is 16.7 Å². The average molecular weight is 674 g/mol. The molecule has 0 aliphatic carbocycles. The molecule has 9 aromatic rings. The van der Waals surface area contributed by atoms with Crippen LogP contribution in [-0.4, -0.2) is 14.8 Å². The summed E-state index contributed by atoms with van der Waals surface area (Å²) in [4.78, 5) is 5.41. The topological polar surface area (TPSA) is 30.7 Å². The standard InChI is InChI=1S/C47H32ClN3/c48-41-29-17-16-28-39(41)43-40-32-37(47(34-20-8-2-9-21-34,35-22-10-3-11-23-35)36-24-12-4-13-25-36)30-31-42(40)49-46-44(43)45(33-18-6-1-7-19-33)50-51(46)38-26-14-5-15-27-38/h1-32H. The van der Waals surface area contributed by atoms with Crippen LogP contribution in [0.5, 0.6) is 0 Å². The van der Waals surface area contributed by atoms with Crippen LogP contribution in [0.25, 0.3) is 50.0 Å². The molecule has 0 radical (unpaired) electrons. The molecule has 4 heteroatoms. The number of benzene rings is 7. The number of fused-ring (bicyclic) bond motifs is 2. The highest BCUT2D eigenvalue weighted by molar-refractivity contribution is 6.34. The highest BCUT2D eigenvalue weighted by Gasteiger charge is 2.38. The first-order chi connectivity index (χ1) is 25.2. The lowest BCUT2D eigenvalue weighted by Crippen LogP contribution is -2.31. The van der Waals surface area contributed by atoms with Crippen molar-refractivity contribution in [2.75, 3.05) is 0 Å². The van der Waals surface area contributed by atoms with Gasteiger partial charge >= 0.3 is 0 Å². The molecule has 0 bridgehead atoms. The third-order valence-corrected chi connectivity index (χ3v) is 10.2. The lowest BCUT2D eigenvalue weighted by atomic mass is 9.65. The van der Waals surface area contributed by atoms with E-state index < -0.39 is 5.41 Å². The summed E-state index contributed by atoms with van der Waals surface area (Å²) in [6.45, 7) is 0. The molecule has 2 aromatic heterocycles. The first kappa shape index (κ1) is 30.7. The third kappa shape index (κ3) is 5.13. The van der Waals surface area contributed by atoms with Crippen LogP contribution in [0.15, 0.2) is 194 Å². The van der Waals surface area contributed by atoms with Crippen LogP contribution in [-0.2, 0) is 5.41 Å². The second-order valence-electron chi connectivity index (χ2n) is 12.7. The predicted octanol–water partition coefficient (Wildman–Crippen LogP) is 11.9. The van der Waals surface area contributed by atoms with Crippen molar-refractivity contribution in [3.05, 3.63) is 221 Å². The van der Waals surface area contributed by atoms with Gasteiger partial charge in [-0.3, -0.25) is 0 Å². The van der Waals surface area contributed by atoms with E-state index in [1.54, 1.807) is 0 Å². The summed E-state index contributed by atoms with van der Waals surface area (Å²) in [6, 6.07) is 67.8. The van der Waals surface area contributed by atoms with Crippen molar-refractivity contribution in [2.45, 2.75) is 5.41 Å². The van der Waals surface area contributed by atoms with Gasteiger partial charge in [0.1, 0.15) is 5.69 Å². The molecule has 0 saturated carbocycles. The molecule has 0 unspecified atom stereocenters. The van der Waals surface area contributed by atoms with Gasteiger partial charge in [0.2, 0.25) is 0 Å². The molecule has 9 rings (SSSR count). The molecule has 7 aromatic carbocycles. The Balaban J connectivity index is 1.46. The smallest absolute Gasteiger partial charge is 0.164 e. The second-order valence-corrected chi connectivity index (χ2v) is 13.1. The largest absolute Gasteiger partial charge is 0.228 e. The van der Waals surface area contributed by atoms with Crippen LogP contribution < -0.4 is 0 Å². The fourth-order valence-electron chi connectivity index (χ4n) is 7.61. The molecule has 0 aliphatic heterocycles. The summed E-state index contributed by atoms with van der Waals surface area (Å²) in [6.07, 6.45) is 0. The lowest BCUT2D eigenvalue weighted by molar-refractivity contribution is 0.746. The van der Waals surface area contributed by atoms with Gasteiger partial charge in [0.15, 0.2) is 5.65 Å². The minimum absolute atomic E-state index is 0.624. The third-order valence-electron chi connectivity index (χ3n) is 9.85. The van der Waals surface area contributed by atoms with Crippen molar-refractivity contribution in [3.8, 4) is 28.1 Å². The van der Waals surface area contributed by atoms with E-state index in [-0.39, 0.29) is 0 Å². The summed E-state index contributed by atoms with van der Waals surface area (Å²) < 4.78 is 1.97. The number of halogens is 1. The monoisotopic (exact) mass is 673 g/mol. The average Bonchev–Trinajstić information content (AvgIpc) is 3.59. The molecular formula is C47H32ClN3. The van der Waals surface area contributed by atoms with Gasteiger partial charge in [-0.1, -0.05) is 175 Å². The van der Waals surface area contributed by atoms with Gasteiger partial charge in [0, 0.05) is 27.1 Å². The Morgan fingerprint density at radius 2 is 1.00 bits per heavy atom. The lowest BCUT2D eigenvalue weighted by Gasteiger charge is -2.37. The minimum Gasteiger partial charge on any atom is -0.228 e. The van der Waals surface area contributed by atoms with Crippen LogP contribution in [0.1, 0.15) is 22.3 Å². The molecule has 0 saturated heterocycles. The van der Waals surface area contributed by atoms with Crippen LogP contribution >= 0.6 is 11.6 Å². The Bertz CT molecular complexity index is 2520. The Hall–Kier alpha value is -6.29. The molecule has 0 amide bonds. The van der Waals surface area contributed by atoms with Gasteiger partial charge < -0.3 is 0 Å². The quantitative estimate of drug-likeness (QED) is 0.158. The molecule has 242 valence electrons. The van der Waals surface area contributed by atoms with E-state index in [4.69, 9.17) is 21.7 Å². The maximum atomic E-state index is 7.15. The Labute approximate surface area is 302 Å². The Kier molecular flexibility index (Phi) is 7.76. The van der Waals surface area contributed by atoms with Crippen molar-refractivity contribution in [2.24, 2.45) is 0 Å². The minimum atomic E-state index is -0.624. The van der Waals surface area contributed by atoms with Crippen molar-refractivity contribution in [1.82, 2.24) is 14.8 Å². The number of nitrogens with zero attached hydrogens (tertiary/aromatic N) is 3. The van der Waals surface area contributed by atoms with Gasteiger partial charge in [-0.25, -0.2) is 9.67 Å². The predicted molar refractivity (Wildman–Crippen MR) is 211 cm³/mol. The molecule has 3 nitrogen and oxygen atoms in total. The van der Waals surface area contributed by atoms with E-state index in [9.17, 15) is 0 Å². The van der Waals surface area contributed by atoms with Crippen molar-refractivity contribution in [3.63, 3.8) is 0 Å². The zero-order valence-electron chi connectivity index (χ0n) is 27.7. The molecule has 0 aliphatic rings. The summed E-state index contributed by atoms with van der Waals surface area (Å²) in [5, 5.41) is 7.92. The Morgan fingerprint density at radius 3 is 1.57 bits per heavy atom. The first-order valence-corrected chi connectivity index (χ1v) is 17.5. The second kappa shape index (κ2) is 12.9. The van der Waals surface area contributed by atoms with E-state index in [2.05, 4.69) is 158 Å². The highest BCUT2D eigenvalue weighted by Crippen LogP contribution is 2.48. The van der Waals surface area contributed by atoms with Gasteiger partial charge in [0.05, 0.1) is 22.0 Å². The molecule has 0 N–H and O–H groups in total. The summed E-state index contributed by atoms with van der Waals surface area (Å²) >= 11 is 7.15. The molecule has 0 atom stereocenters. The van der Waals surface area contributed by atoms with Gasteiger partial charge in [0.25, 0.3) is 0 Å². The van der Waals surface area contributed by atoms with Gasteiger partial charge in [-0.05, 0) is 52.6 Å². The molecule has 2 heterocycles. The fourth-order valence-corrected chi connectivity index (χ4v) is 7.84. The highest BCUT2D eigenvalue weighted by atomic mass is 35.5. The number of pyridine rings is 1. The van der Waals surface area contributed by atoms with E-state index in [0.29, 0.717) is 5.02 Å². The van der Waals surface area contributed by atoms with Gasteiger partial charge in [-0.2, -0.15) is 5.10 Å². The zero-order valence-corrected chi connectivity index (χ0v) is 28.5. The summed E-state index contributed by atoms with van der Waals surface area (Å²) in [5.41, 5.74) is 10.4. The van der Waals surface area contributed by atoms with E-state index in [1.807, 2.05) is 41.1 Å². The van der Waals surface area contributed by atoms with Crippen LogP contribution in [0.2, 0.25) is 5.02 Å². The maximum Gasteiger partial charge on any atom is 0.164 e. The summed E-state index contributed by atoms with van der Waals surface area (Å²) in [5.74, 6) is 0. The van der Waals surface area contributed by atoms with Crippen molar-refractivity contribution < 1.29 is 0 Å². The van der Waals surface area contributed by atoms with Crippen molar-refractivity contribution >= 4 is 33.5 Å². The van der Waals surface area contributed by atoms with E-state index >= 15 is 0 Å². The number of para-hydroxylation sites is 1. The van der Waals surface area contributed by atoms with Crippen molar-refractivity contribution in [1.29, 1.82) is 0 Å². The molecular weight excluding hydrogens is 642 g/mol. The molecule has 51 heavy (non-hydrogen) atoms. The molecule has 0 spiro atoms. The number of hydrogen-bond donors (Lipinski definition) is 0. The van der Waals surface area contributed by atoms with Crippen LogP contribution in [0, 0.1) is 0 Å². The SMILES string of the molecule is Clc1ccccc1-c1c2cc(C(c3ccccc3)(c3ccccc3)c3ccccc3)ccc2nc2c1c(-c1ccccc1)nn2-c1ccccc1. The van der Waals surface area contributed by atoms with Crippen LogP contribution in [0.4, 0.5) is 0 Å². The Morgan fingerprint density at radius 1 is 0.490 bits per heavy atom. The maximum absolute atomic E-state index is 7.15. The normalized spacial score (nSPS) is 11.6.